The van der Waals surface area contributed by atoms with Crippen LogP contribution in [-0.2, 0) is 0 Å². The predicted molar refractivity (Wildman–Crippen MR) is 59.3 cm³/mol. The number of carbonyl (C=O) groups is 1. The molecule has 0 fully saturated rings. The smallest absolute Gasteiger partial charge is 0.256 e. The molecule has 88 valence electrons. The number of pyridine rings is 1. The van der Waals surface area contributed by atoms with Crippen LogP contribution in [0.1, 0.15) is 23.7 Å². The number of halogens is 1. The van der Waals surface area contributed by atoms with Crippen molar-refractivity contribution in [3.63, 3.8) is 0 Å². The first-order valence-electron chi connectivity index (χ1n) is 4.98. The molecule has 3 N–H and O–H groups in total. The van der Waals surface area contributed by atoms with Crippen LogP contribution in [0.15, 0.2) is 12.3 Å². The molecule has 1 rings (SSSR count). The maximum atomic E-state index is 13.7. The second-order valence-electron chi connectivity index (χ2n) is 3.39. The largest absolute Gasteiger partial charge is 0.342 e. The van der Waals surface area contributed by atoms with Gasteiger partial charge in [0.05, 0.1) is 5.56 Å². The van der Waals surface area contributed by atoms with E-state index >= 15 is 0 Å². The van der Waals surface area contributed by atoms with Crippen LogP contribution in [0.3, 0.4) is 0 Å². The zero-order chi connectivity index (χ0) is 12.1. The van der Waals surface area contributed by atoms with E-state index in [-0.39, 0.29) is 17.3 Å². The predicted octanol–water partition coefficient (Wildman–Crippen LogP) is 0.988. The number of nitrogens with zero attached hydrogens (tertiary/aromatic N) is 2. The van der Waals surface area contributed by atoms with E-state index in [2.05, 4.69) is 10.4 Å². The molecule has 0 saturated heterocycles. The number of nitrogen functional groups attached to an aromatic ring is 1. The summed E-state index contributed by atoms with van der Waals surface area (Å²) in [6.45, 7) is 2.52. The van der Waals surface area contributed by atoms with Crippen molar-refractivity contribution in [3.05, 3.63) is 23.6 Å². The van der Waals surface area contributed by atoms with Crippen LogP contribution in [0.2, 0.25) is 0 Å². The molecule has 5 nitrogen and oxygen atoms in total. The van der Waals surface area contributed by atoms with Crippen LogP contribution >= 0.6 is 0 Å². The minimum atomic E-state index is -0.724. The van der Waals surface area contributed by atoms with Crippen molar-refractivity contribution in [3.8, 4) is 0 Å². The molecule has 0 radical (unpaired) electrons. The zero-order valence-corrected chi connectivity index (χ0v) is 9.33. The Kier molecular flexibility index (Phi) is 4.19. The normalized spacial score (nSPS) is 10.0. The summed E-state index contributed by atoms with van der Waals surface area (Å²) in [4.78, 5) is 16.9. The van der Waals surface area contributed by atoms with Gasteiger partial charge >= 0.3 is 0 Å². The van der Waals surface area contributed by atoms with Gasteiger partial charge in [-0.2, -0.15) is 0 Å². The van der Waals surface area contributed by atoms with E-state index in [0.717, 1.165) is 6.42 Å². The topological polar surface area (TPSA) is 71.2 Å². The number of carbonyl (C=O) groups excluding carboxylic acids is 1. The molecule has 0 aliphatic rings. The maximum Gasteiger partial charge on any atom is 0.256 e. The van der Waals surface area contributed by atoms with Crippen LogP contribution in [-0.4, -0.2) is 29.4 Å². The minimum Gasteiger partial charge on any atom is -0.342 e. The van der Waals surface area contributed by atoms with Crippen molar-refractivity contribution in [1.29, 1.82) is 0 Å². The fraction of sp³-hybridized carbons (Fsp3) is 0.400. The first-order chi connectivity index (χ1) is 7.61. The van der Waals surface area contributed by atoms with Crippen molar-refractivity contribution in [2.45, 2.75) is 13.3 Å². The second-order valence-corrected chi connectivity index (χ2v) is 3.39. The number of hydrogen-bond acceptors (Lipinski definition) is 4. The number of aromatic nitrogens is 1. The van der Waals surface area contributed by atoms with Crippen molar-refractivity contribution in [2.24, 2.45) is 5.84 Å². The van der Waals surface area contributed by atoms with E-state index in [9.17, 15) is 9.18 Å². The first-order valence-corrected chi connectivity index (χ1v) is 4.98. The molecule has 0 aromatic carbocycles. The summed E-state index contributed by atoms with van der Waals surface area (Å²) in [5.74, 6) is 3.85. The summed E-state index contributed by atoms with van der Waals surface area (Å²) in [6.07, 6.45) is 2.15. The zero-order valence-electron chi connectivity index (χ0n) is 9.33. The number of hydrogen-bond donors (Lipinski definition) is 2. The lowest BCUT2D eigenvalue weighted by Gasteiger charge is -2.16. The number of nitrogens with one attached hydrogen (secondary N) is 1. The lowest BCUT2D eigenvalue weighted by Crippen LogP contribution is -2.28. The Bertz CT molecular complexity index is 383. The second kappa shape index (κ2) is 5.41. The Morgan fingerprint density at radius 1 is 1.69 bits per heavy atom. The third-order valence-electron chi connectivity index (χ3n) is 2.16. The molecule has 0 aliphatic heterocycles. The maximum absolute atomic E-state index is 13.7. The molecule has 6 heteroatoms. The molecule has 1 heterocycles. The van der Waals surface area contributed by atoms with Crippen molar-refractivity contribution < 1.29 is 9.18 Å². The molecule has 0 unspecified atom stereocenters. The molecule has 1 aromatic heterocycles. The van der Waals surface area contributed by atoms with Gasteiger partial charge in [-0.25, -0.2) is 15.2 Å². The Labute approximate surface area is 93.4 Å². The first kappa shape index (κ1) is 12.4. The quantitative estimate of drug-likeness (QED) is 0.593. The molecular formula is C10H15FN4O. The summed E-state index contributed by atoms with van der Waals surface area (Å²) >= 11 is 0. The monoisotopic (exact) mass is 226 g/mol. The minimum absolute atomic E-state index is 0.0288. The fourth-order valence-corrected chi connectivity index (χ4v) is 1.35. The van der Waals surface area contributed by atoms with E-state index < -0.39 is 5.82 Å². The number of nitrogens with two attached hydrogens (primary N) is 1. The number of hydrazine groups is 1. The van der Waals surface area contributed by atoms with Gasteiger partial charge in [-0.3, -0.25) is 4.79 Å². The molecule has 0 spiro atoms. The number of amides is 1. The summed E-state index contributed by atoms with van der Waals surface area (Å²) in [7, 11) is 1.63. The van der Waals surface area contributed by atoms with Crippen LogP contribution in [0, 0.1) is 5.82 Å². The number of rotatable bonds is 4. The lowest BCUT2D eigenvalue weighted by molar-refractivity contribution is 0.0790. The summed E-state index contributed by atoms with van der Waals surface area (Å²) in [5.41, 5.74) is 2.08. The van der Waals surface area contributed by atoms with Gasteiger partial charge in [0.2, 0.25) is 0 Å². The van der Waals surface area contributed by atoms with Crippen LogP contribution in [0.25, 0.3) is 0 Å². The van der Waals surface area contributed by atoms with Gasteiger partial charge < -0.3 is 10.3 Å². The fourth-order valence-electron chi connectivity index (χ4n) is 1.35. The van der Waals surface area contributed by atoms with Gasteiger partial charge in [0.25, 0.3) is 5.91 Å². The van der Waals surface area contributed by atoms with Gasteiger partial charge in [-0.1, -0.05) is 6.92 Å². The highest BCUT2D eigenvalue weighted by Gasteiger charge is 2.18. The van der Waals surface area contributed by atoms with Crippen molar-refractivity contribution >= 4 is 11.7 Å². The SMILES string of the molecule is CCCN(C)C(=O)c1ccnc(NN)c1F. The third kappa shape index (κ3) is 2.46. The Balaban J connectivity index is 2.99. The van der Waals surface area contributed by atoms with E-state index in [1.165, 1.54) is 17.2 Å². The van der Waals surface area contributed by atoms with Crippen molar-refractivity contribution in [1.82, 2.24) is 9.88 Å². The van der Waals surface area contributed by atoms with Crippen LogP contribution in [0.5, 0.6) is 0 Å². The van der Waals surface area contributed by atoms with Crippen LogP contribution < -0.4 is 11.3 Å². The molecule has 0 saturated carbocycles. The molecule has 1 amide bonds. The molecule has 0 bridgehead atoms. The lowest BCUT2D eigenvalue weighted by atomic mass is 10.2. The van der Waals surface area contributed by atoms with Crippen LogP contribution in [0.4, 0.5) is 10.2 Å². The molecular weight excluding hydrogens is 211 g/mol. The van der Waals surface area contributed by atoms with E-state index in [1.807, 2.05) is 6.92 Å². The highest BCUT2D eigenvalue weighted by molar-refractivity contribution is 5.95. The Morgan fingerprint density at radius 2 is 2.38 bits per heavy atom. The summed E-state index contributed by atoms with van der Waals surface area (Å²) < 4.78 is 13.7. The number of anilines is 1. The third-order valence-corrected chi connectivity index (χ3v) is 2.16. The van der Waals surface area contributed by atoms with E-state index in [1.54, 1.807) is 7.05 Å². The standard InChI is InChI=1S/C10H15FN4O/c1-3-6-15(2)10(16)7-4-5-13-9(14-12)8(7)11/h4-5H,3,6,12H2,1-2H3,(H,13,14). The van der Waals surface area contributed by atoms with Gasteiger partial charge in [0.1, 0.15) is 0 Å². The van der Waals surface area contributed by atoms with Crippen molar-refractivity contribution in [2.75, 3.05) is 19.0 Å². The highest BCUT2D eigenvalue weighted by Crippen LogP contribution is 2.15. The highest BCUT2D eigenvalue weighted by atomic mass is 19.1. The van der Waals surface area contributed by atoms with Gasteiger partial charge in [-0.05, 0) is 12.5 Å². The Hall–Kier alpha value is -1.69. The average Bonchev–Trinajstić information content (AvgIpc) is 2.29. The van der Waals surface area contributed by atoms with E-state index in [0.29, 0.717) is 6.54 Å². The molecule has 0 atom stereocenters. The van der Waals surface area contributed by atoms with Gasteiger partial charge in [-0.15, -0.1) is 0 Å². The summed E-state index contributed by atoms with van der Waals surface area (Å²) in [6, 6.07) is 1.34. The molecule has 1 aromatic rings. The van der Waals surface area contributed by atoms with Gasteiger partial charge in [0.15, 0.2) is 11.6 Å². The van der Waals surface area contributed by atoms with E-state index in [4.69, 9.17) is 5.84 Å². The molecule has 0 aliphatic carbocycles. The average molecular weight is 226 g/mol. The Morgan fingerprint density at radius 3 is 2.94 bits per heavy atom. The summed E-state index contributed by atoms with van der Waals surface area (Å²) in [5, 5.41) is 0. The van der Waals surface area contributed by atoms with Gasteiger partial charge in [0, 0.05) is 19.8 Å². The molecule has 16 heavy (non-hydrogen) atoms.